The van der Waals surface area contributed by atoms with Gasteiger partial charge in [0.1, 0.15) is 0 Å². The van der Waals surface area contributed by atoms with Gasteiger partial charge in [-0.15, -0.1) is 0 Å². The summed E-state index contributed by atoms with van der Waals surface area (Å²) in [4.78, 5) is 23.4. The van der Waals surface area contributed by atoms with Gasteiger partial charge in [-0.25, -0.2) is 0 Å². The van der Waals surface area contributed by atoms with Crippen LogP contribution in [0.3, 0.4) is 0 Å². The molecule has 0 aliphatic carbocycles. The molecule has 0 aromatic rings. The molecule has 1 fully saturated rings. The van der Waals surface area contributed by atoms with Crippen molar-refractivity contribution >= 4 is 11.8 Å². The summed E-state index contributed by atoms with van der Waals surface area (Å²) in [7, 11) is 0. The number of unbranched alkanes of at least 4 members (excludes halogenated alkanes) is 8. The standard InChI is InChI=1S/C20H35NO2/c1-3-5-7-9-10-11-13-15-17(14-12-8-6-4-2)18-16-19(22)21-20(18)23/h12,14,17-18H,3-11,13,15-16H2,1-2H3,(H,21,22,23)/b14-12+. The van der Waals surface area contributed by atoms with Crippen molar-refractivity contribution in [3.63, 3.8) is 0 Å². The van der Waals surface area contributed by atoms with Crippen LogP contribution in [0.5, 0.6) is 0 Å². The van der Waals surface area contributed by atoms with Crippen molar-refractivity contribution in [1.29, 1.82) is 0 Å². The molecule has 2 unspecified atom stereocenters. The van der Waals surface area contributed by atoms with E-state index in [-0.39, 0.29) is 23.7 Å². The maximum atomic E-state index is 12.0. The van der Waals surface area contributed by atoms with Crippen LogP contribution in [0.25, 0.3) is 0 Å². The smallest absolute Gasteiger partial charge is 0.230 e. The van der Waals surface area contributed by atoms with E-state index < -0.39 is 0 Å². The van der Waals surface area contributed by atoms with E-state index >= 15 is 0 Å². The predicted octanol–water partition coefficient (Wildman–Crippen LogP) is 5.15. The van der Waals surface area contributed by atoms with Gasteiger partial charge in [-0.2, -0.15) is 0 Å². The molecule has 0 radical (unpaired) electrons. The number of carbonyl (C=O) groups excluding carboxylic acids is 2. The van der Waals surface area contributed by atoms with Crippen molar-refractivity contribution in [2.24, 2.45) is 11.8 Å². The number of imide groups is 1. The van der Waals surface area contributed by atoms with Crippen LogP contribution in [0.1, 0.15) is 90.9 Å². The number of nitrogens with one attached hydrogen (secondary N) is 1. The Hall–Kier alpha value is -1.12. The van der Waals surface area contributed by atoms with Gasteiger partial charge in [0, 0.05) is 6.42 Å². The maximum Gasteiger partial charge on any atom is 0.230 e. The van der Waals surface area contributed by atoms with Crippen LogP contribution in [0, 0.1) is 11.8 Å². The zero-order valence-electron chi connectivity index (χ0n) is 15.1. The van der Waals surface area contributed by atoms with Gasteiger partial charge >= 0.3 is 0 Å². The lowest BCUT2D eigenvalue weighted by Crippen LogP contribution is -2.25. The summed E-state index contributed by atoms with van der Waals surface area (Å²) in [5.74, 6) is -0.0796. The third-order valence-electron chi connectivity index (χ3n) is 4.77. The van der Waals surface area contributed by atoms with Crippen molar-refractivity contribution in [2.45, 2.75) is 90.9 Å². The molecular formula is C20H35NO2. The van der Waals surface area contributed by atoms with Gasteiger partial charge in [0.2, 0.25) is 11.8 Å². The molecule has 0 aromatic carbocycles. The van der Waals surface area contributed by atoms with E-state index in [2.05, 4.69) is 31.3 Å². The number of hydrogen-bond acceptors (Lipinski definition) is 2. The van der Waals surface area contributed by atoms with Crippen LogP contribution in [-0.4, -0.2) is 11.8 Å². The molecule has 1 aliphatic rings. The Labute approximate surface area is 142 Å². The summed E-state index contributed by atoms with van der Waals surface area (Å²) in [6.07, 6.45) is 18.3. The van der Waals surface area contributed by atoms with Crippen molar-refractivity contribution < 1.29 is 9.59 Å². The minimum atomic E-state index is -0.138. The molecule has 1 aliphatic heterocycles. The molecule has 23 heavy (non-hydrogen) atoms. The lowest BCUT2D eigenvalue weighted by molar-refractivity contribution is -0.126. The third kappa shape index (κ3) is 8.34. The number of carbonyl (C=O) groups is 2. The summed E-state index contributed by atoms with van der Waals surface area (Å²) >= 11 is 0. The Morgan fingerprint density at radius 3 is 2.26 bits per heavy atom. The second-order valence-corrected chi connectivity index (χ2v) is 6.87. The first-order valence-electron chi connectivity index (χ1n) is 9.69. The van der Waals surface area contributed by atoms with Gasteiger partial charge in [-0.05, 0) is 18.8 Å². The topological polar surface area (TPSA) is 46.2 Å². The van der Waals surface area contributed by atoms with Gasteiger partial charge in [0.25, 0.3) is 0 Å². The lowest BCUT2D eigenvalue weighted by Gasteiger charge is -2.17. The van der Waals surface area contributed by atoms with Crippen LogP contribution in [0.2, 0.25) is 0 Å². The SMILES string of the molecule is CCCC/C=C/C(CCCCCCCCC)C1CC(=O)NC1=O. The summed E-state index contributed by atoms with van der Waals surface area (Å²) < 4.78 is 0. The zero-order valence-corrected chi connectivity index (χ0v) is 15.1. The molecule has 1 rings (SSSR count). The second-order valence-electron chi connectivity index (χ2n) is 6.87. The first kappa shape index (κ1) is 19.9. The third-order valence-corrected chi connectivity index (χ3v) is 4.77. The van der Waals surface area contributed by atoms with Crippen molar-refractivity contribution in [3.8, 4) is 0 Å². The van der Waals surface area contributed by atoms with Gasteiger partial charge in [0.15, 0.2) is 0 Å². The number of rotatable bonds is 13. The van der Waals surface area contributed by atoms with Crippen LogP contribution < -0.4 is 5.32 Å². The van der Waals surface area contributed by atoms with E-state index in [1.807, 2.05) is 0 Å². The average molecular weight is 322 g/mol. The molecular weight excluding hydrogens is 286 g/mol. The predicted molar refractivity (Wildman–Crippen MR) is 96.0 cm³/mol. The summed E-state index contributed by atoms with van der Waals surface area (Å²) in [5.41, 5.74) is 0. The van der Waals surface area contributed by atoms with Gasteiger partial charge < -0.3 is 0 Å². The average Bonchev–Trinajstić information content (AvgIpc) is 2.87. The fourth-order valence-corrected chi connectivity index (χ4v) is 3.28. The minimum absolute atomic E-state index is 0.0666. The molecule has 132 valence electrons. The van der Waals surface area contributed by atoms with E-state index in [4.69, 9.17) is 0 Å². The number of allylic oxidation sites excluding steroid dienone is 2. The van der Waals surface area contributed by atoms with E-state index in [9.17, 15) is 9.59 Å². The fourth-order valence-electron chi connectivity index (χ4n) is 3.28. The highest BCUT2D eigenvalue weighted by Gasteiger charge is 2.35. The van der Waals surface area contributed by atoms with E-state index in [1.165, 1.54) is 51.4 Å². The van der Waals surface area contributed by atoms with E-state index in [1.54, 1.807) is 0 Å². The van der Waals surface area contributed by atoms with E-state index in [0.717, 1.165) is 19.3 Å². The Bertz CT molecular complexity index is 376. The Balaban J connectivity index is 2.37. The maximum absolute atomic E-state index is 12.0. The first-order valence-corrected chi connectivity index (χ1v) is 9.69. The Morgan fingerprint density at radius 1 is 1.00 bits per heavy atom. The normalized spacial score (nSPS) is 19.5. The summed E-state index contributed by atoms with van der Waals surface area (Å²) in [6.45, 7) is 4.43. The molecule has 2 atom stereocenters. The second kappa shape index (κ2) is 12.3. The fraction of sp³-hybridized carbons (Fsp3) is 0.800. The molecule has 3 heteroatoms. The van der Waals surface area contributed by atoms with Crippen molar-refractivity contribution in [2.75, 3.05) is 0 Å². The largest absolute Gasteiger partial charge is 0.296 e. The molecule has 0 saturated carbocycles. The molecule has 2 amide bonds. The van der Waals surface area contributed by atoms with Crippen LogP contribution in [0.15, 0.2) is 12.2 Å². The molecule has 3 nitrogen and oxygen atoms in total. The first-order chi connectivity index (χ1) is 11.2. The highest BCUT2D eigenvalue weighted by Crippen LogP contribution is 2.27. The highest BCUT2D eigenvalue weighted by atomic mass is 16.2. The van der Waals surface area contributed by atoms with Crippen LogP contribution in [-0.2, 0) is 9.59 Å². The molecule has 0 spiro atoms. The zero-order chi connectivity index (χ0) is 16.9. The van der Waals surface area contributed by atoms with Crippen molar-refractivity contribution in [3.05, 3.63) is 12.2 Å². The number of amides is 2. The van der Waals surface area contributed by atoms with E-state index in [0.29, 0.717) is 6.42 Å². The van der Waals surface area contributed by atoms with Crippen LogP contribution in [0.4, 0.5) is 0 Å². The number of hydrogen-bond donors (Lipinski definition) is 1. The molecule has 0 aromatic heterocycles. The van der Waals surface area contributed by atoms with Crippen molar-refractivity contribution in [1.82, 2.24) is 5.32 Å². The Morgan fingerprint density at radius 2 is 1.65 bits per heavy atom. The molecule has 1 heterocycles. The monoisotopic (exact) mass is 321 g/mol. The quantitative estimate of drug-likeness (QED) is 0.289. The molecule has 0 bridgehead atoms. The van der Waals surface area contributed by atoms with Crippen LogP contribution >= 0.6 is 0 Å². The minimum Gasteiger partial charge on any atom is -0.296 e. The lowest BCUT2D eigenvalue weighted by atomic mass is 9.85. The highest BCUT2D eigenvalue weighted by molar-refractivity contribution is 6.03. The molecule has 1 N–H and O–H groups in total. The van der Waals surface area contributed by atoms with Gasteiger partial charge in [-0.3, -0.25) is 14.9 Å². The summed E-state index contributed by atoms with van der Waals surface area (Å²) in [5, 5.41) is 2.46. The molecule has 1 saturated heterocycles. The Kier molecular flexibility index (Phi) is 10.7. The summed E-state index contributed by atoms with van der Waals surface area (Å²) in [6, 6.07) is 0. The van der Waals surface area contributed by atoms with Gasteiger partial charge in [-0.1, -0.05) is 83.8 Å². The van der Waals surface area contributed by atoms with Gasteiger partial charge in [0.05, 0.1) is 5.92 Å².